The highest BCUT2D eigenvalue weighted by molar-refractivity contribution is 7.98. The molecule has 0 heterocycles. The molecule has 0 amide bonds. The minimum Gasteiger partial charge on any atom is -0.466 e. The van der Waals surface area contributed by atoms with Crippen molar-refractivity contribution in [1.29, 1.82) is 0 Å². The average Bonchev–Trinajstić information content (AvgIpc) is 2.32. The predicted molar refractivity (Wildman–Crippen MR) is 77.0 cm³/mol. The molecule has 0 saturated carbocycles. The number of nitrogens with one attached hydrogen (secondary N) is 1. The quantitative estimate of drug-likeness (QED) is 0.421. The zero-order valence-electron chi connectivity index (χ0n) is 11.6. The van der Waals surface area contributed by atoms with Gasteiger partial charge >= 0.3 is 5.97 Å². The predicted octanol–water partition coefficient (Wildman–Crippen LogP) is 1.81. The second-order valence-corrected chi connectivity index (χ2v) is 5.26. The van der Waals surface area contributed by atoms with Crippen LogP contribution in [0.15, 0.2) is 0 Å². The number of thioether (sulfide) groups is 1. The lowest BCUT2D eigenvalue weighted by Gasteiger charge is -2.11. The number of carbonyl (C=O) groups is 1. The highest BCUT2D eigenvalue weighted by Gasteiger charge is 2.10. The monoisotopic (exact) mass is 277 g/mol. The fourth-order valence-electron chi connectivity index (χ4n) is 1.60. The summed E-state index contributed by atoms with van der Waals surface area (Å²) in [6.07, 6.45) is 6.48. The number of aliphatic hydroxyl groups excluding tert-OH is 1. The molecule has 0 aliphatic rings. The summed E-state index contributed by atoms with van der Waals surface area (Å²) < 4.78 is 4.77. The van der Waals surface area contributed by atoms with Gasteiger partial charge in [-0.1, -0.05) is 12.8 Å². The number of hydrogen-bond donors (Lipinski definition) is 2. The summed E-state index contributed by atoms with van der Waals surface area (Å²) in [5.41, 5.74) is 0. The van der Waals surface area contributed by atoms with Crippen LogP contribution in [0.25, 0.3) is 0 Å². The summed E-state index contributed by atoms with van der Waals surface area (Å²) >= 11 is 1.89. The number of aliphatic hydroxyl groups is 1. The topological polar surface area (TPSA) is 58.6 Å². The Hall–Kier alpha value is -0.260. The van der Waals surface area contributed by atoms with E-state index < -0.39 is 6.10 Å². The molecular formula is C13H27NO3S. The van der Waals surface area contributed by atoms with Gasteiger partial charge in [0, 0.05) is 6.54 Å². The molecule has 0 saturated heterocycles. The molecule has 1 unspecified atom stereocenters. The highest BCUT2D eigenvalue weighted by atomic mass is 32.2. The first-order chi connectivity index (χ1) is 8.70. The van der Waals surface area contributed by atoms with Gasteiger partial charge in [0.15, 0.2) is 0 Å². The van der Waals surface area contributed by atoms with Crippen LogP contribution in [-0.4, -0.2) is 48.9 Å². The molecule has 4 nitrogen and oxygen atoms in total. The number of unbranched alkanes of at least 4 members (excludes halogenated alkanes) is 3. The van der Waals surface area contributed by atoms with Crippen LogP contribution in [0.1, 0.15) is 39.0 Å². The normalized spacial score (nSPS) is 12.4. The Balaban J connectivity index is 3.24. The summed E-state index contributed by atoms with van der Waals surface area (Å²) in [7, 11) is 0. The minimum atomic E-state index is -0.638. The highest BCUT2D eigenvalue weighted by Crippen LogP contribution is 2.03. The maximum absolute atomic E-state index is 11.1. The lowest BCUT2D eigenvalue weighted by molar-refractivity contribution is -0.145. The molecule has 18 heavy (non-hydrogen) atoms. The molecule has 2 N–H and O–H groups in total. The van der Waals surface area contributed by atoms with E-state index in [1.165, 1.54) is 25.0 Å². The number of ether oxygens (including phenoxy) is 1. The Morgan fingerprint density at radius 1 is 1.33 bits per heavy atom. The van der Waals surface area contributed by atoms with Crippen molar-refractivity contribution >= 4 is 17.7 Å². The number of hydrogen-bond acceptors (Lipinski definition) is 5. The summed E-state index contributed by atoms with van der Waals surface area (Å²) in [6.45, 7) is 3.50. The molecule has 0 fully saturated rings. The Morgan fingerprint density at radius 2 is 2.06 bits per heavy atom. The van der Waals surface area contributed by atoms with Gasteiger partial charge in [-0.3, -0.25) is 4.79 Å². The Bertz CT molecular complexity index is 203. The fraction of sp³-hybridized carbons (Fsp3) is 0.923. The molecule has 0 aliphatic carbocycles. The van der Waals surface area contributed by atoms with Crippen molar-refractivity contribution in [2.45, 2.75) is 45.1 Å². The standard InChI is InChI=1S/C13H27NO3S/c1-3-17-13(16)10-12(15)11-14-8-6-4-5-7-9-18-2/h12,14-15H,3-11H2,1-2H3. The molecule has 0 radical (unpaired) electrons. The maximum atomic E-state index is 11.1. The van der Waals surface area contributed by atoms with Gasteiger partial charge in [-0.2, -0.15) is 11.8 Å². The summed E-state index contributed by atoms with van der Waals surface area (Å²) in [6, 6.07) is 0. The van der Waals surface area contributed by atoms with Crippen LogP contribution < -0.4 is 5.32 Å². The first-order valence-electron chi connectivity index (χ1n) is 6.74. The summed E-state index contributed by atoms with van der Waals surface area (Å²) in [5, 5.41) is 12.7. The zero-order chi connectivity index (χ0) is 13.6. The Labute approximate surface area is 115 Å². The van der Waals surface area contributed by atoms with Crippen molar-refractivity contribution in [1.82, 2.24) is 5.32 Å². The zero-order valence-corrected chi connectivity index (χ0v) is 12.4. The fourth-order valence-corrected chi connectivity index (χ4v) is 2.10. The van der Waals surface area contributed by atoms with E-state index in [4.69, 9.17) is 4.74 Å². The summed E-state index contributed by atoms with van der Waals surface area (Å²) in [5.74, 6) is 0.912. The van der Waals surface area contributed by atoms with Gasteiger partial charge in [0.1, 0.15) is 0 Å². The molecular weight excluding hydrogens is 250 g/mol. The first-order valence-corrected chi connectivity index (χ1v) is 8.13. The van der Waals surface area contributed by atoms with Crippen LogP contribution in [-0.2, 0) is 9.53 Å². The van der Waals surface area contributed by atoms with Crippen molar-refractivity contribution in [3.63, 3.8) is 0 Å². The van der Waals surface area contributed by atoms with Gasteiger partial charge in [-0.05, 0) is 38.3 Å². The second-order valence-electron chi connectivity index (χ2n) is 4.27. The van der Waals surface area contributed by atoms with E-state index in [1.807, 2.05) is 11.8 Å². The van der Waals surface area contributed by atoms with Gasteiger partial charge in [-0.15, -0.1) is 0 Å². The molecule has 0 bridgehead atoms. The average molecular weight is 277 g/mol. The molecule has 0 aromatic rings. The SMILES string of the molecule is CCOC(=O)CC(O)CNCCCCCCSC. The van der Waals surface area contributed by atoms with E-state index in [-0.39, 0.29) is 12.4 Å². The van der Waals surface area contributed by atoms with Crippen molar-refractivity contribution < 1.29 is 14.6 Å². The molecule has 0 aromatic carbocycles. The lowest BCUT2D eigenvalue weighted by Crippen LogP contribution is -2.29. The van der Waals surface area contributed by atoms with Crippen molar-refractivity contribution in [2.75, 3.05) is 31.7 Å². The van der Waals surface area contributed by atoms with Crippen molar-refractivity contribution in [3.05, 3.63) is 0 Å². The van der Waals surface area contributed by atoms with E-state index in [9.17, 15) is 9.90 Å². The largest absolute Gasteiger partial charge is 0.466 e. The van der Waals surface area contributed by atoms with Crippen molar-refractivity contribution in [2.24, 2.45) is 0 Å². The van der Waals surface area contributed by atoms with E-state index in [0.717, 1.165) is 13.0 Å². The van der Waals surface area contributed by atoms with E-state index in [2.05, 4.69) is 11.6 Å². The molecule has 1 atom stereocenters. The van der Waals surface area contributed by atoms with Gasteiger partial charge in [-0.25, -0.2) is 0 Å². The number of rotatable bonds is 12. The van der Waals surface area contributed by atoms with E-state index in [0.29, 0.717) is 13.2 Å². The van der Waals surface area contributed by atoms with Crippen LogP contribution in [0, 0.1) is 0 Å². The molecule has 0 aromatic heterocycles. The van der Waals surface area contributed by atoms with Gasteiger partial charge in [0.2, 0.25) is 0 Å². The molecule has 0 spiro atoms. The third-order valence-corrected chi connectivity index (χ3v) is 3.24. The molecule has 5 heteroatoms. The molecule has 0 rings (SSSR count). The number of carbonyl (C=O) groups excluding carboxylic acids is 1. The van der Waals surface area contributed by atoms with Crippen LogP contribution in [0.3, 0.4) is 0 Å². The van der Waals surface area contributed by atoms with Gasteiger partial charge in [0.05, 0.1) is 19.1 Å². The molecule has 108 valence electrons. The van der Waals surface area contributed by atoms with Crippen molar-refractivity contribution in [3.8, 4) is 0 Å². The van der Waals surface area contributed by atoms with Crippen LogP contribution in [0.2, 0.25) is 0 Å². The van der Waals surface area contributed by atoms with Gasteiger partial charge in [0.25, 0.3) is 0 Å². The Kier molecular flexibility index (Phi) is 13.0. The van der Waals surface area contributed by atoms with Crippen LogP contribution in [0.5, 0.6) is 0 Å². The van der Waals surface area contributed by atoms with Crippen LogP contribution in [0.4, 0.5) is 0 Å². The second kappa shape index (κ2) is 13.2. The summed E-state index contributed by atoms with van der Waals surface area (Å²) in [4.78, 5) is 11.1. The first kappa shape index (κ1) is 17.7. The number of esters is 1. The third-order valence-electron chi connectivity index (χ3n) is 2.54. The van der Waals surface area contributed by atoms with Crippen LogP contribution >= 0.6 is 11.8 Å². The maximum Gasteiger partial charge on any atom is 0.308 e. The smallest absolute Gasteiger partial charge is 0.308 e. The van der Waals surface area contributed by atoms with Gasteiger partial charge < -0.3 is 15.2 Å². The van der Waals surface area contributed by atoms with E-state index >= 15 is 0 Å². The third kappa shape index (κ3) is 12.2. The van der Waals surface area contributed by atoms with E-state index in [1.54, 1.807) is 6.92 Å². The Morgan fingerprint density at radius 3 is 2.72 bits per heavy atom. The lowest BCUT2D eigenvalue weighted by atomic mass is 10.2. The molecule has 0 aliphatic heterocycles. The minimum absolute atomic E-state index is 0.0779.